The number of fused-ring (bicyclic) bond motifs is 1. The topological polar surface area (TPSA) is 82.5 Å². The third-order valence-electron chi connectivity index (χ3n) is 1.81. The molecular weight excluding hydrogens is 196 g/mol. The molecule has 15 heavy (non-hydrogen) atoms. The van der Waals surface area contributed by atoms with Gasteiger partial charge in [0.2, 0.25) is 5.78 Å². The van der Waals surface area contributed by atoms with E-state index in [0.717, 1.165) is 0 Å². The lowest BCUT2D eigenvalue weighted by Crippen LogP contribution is -2.04. The standard InChI is InChI=1S/C9H10N4O2/c1-2-15-8(14)7-5-13-4-6(10)3-11-9(13)12-7/h3-5H,2,10H2,1H3. The average molecular weight is 206 g/mol. The fourth-order valence-electron chi connectivity index (χ4n) is 1.20. The minimum atomic E-state index is -0.457. The molecule has 6 nitrogen and oxygen atoms in total. The normalized spacial score (nSPS) is 10.5. The van der Waals surface area contributed by atoms with Gasteiger partial charge in [-0.05, 0) is 6.92 Å². The van der Waals surface area contributed by atoms with Crippen LogP contribution in [-0.2, 0) is 4.74 Å². The lowest BCUT2D eigenvalue weighted by atomic mass is 10.5. The molecule has 0 saturated heterocycles. The zero-order chi connectivity index (χ0) is 10.8. The fraction of sp³-hybridized carbons (Fsp3) is 0.222. The quantitative estimate of drug-likeness (QED) is 0.723. The van der Waals surface area contributed by atoms with Crippen LogP contribution in [-0.4, -0.2) is 26.9 Å². The summed E-state index contributed by atoms with van der Waals surface area (Å²) in [6.45, 7) is 2.06. The van der Waals surface area contributed by atoms with Gasteiger partial charge in [0.05, 0.1) is 18.5 Å². The highest BCUT2D eigenvalue weighted by Gasteiger charge is 2.11. The van der Waals surface area contributed by atoms with E-state index in [2.05, 4.69) is 9.97 Å². The van der Waals surface area contributed by atoms with Crippen molar-refractivity contribution in [2.24, 2.45) is 0 Å². The summed E-state index contributed by atoms with van der Waals surface area (Å²) < 4.78 is 6.40. The Balaban J connectivity index is 2.42. The zero-order valence-electron chi connectivity index (χ0n) is 8.17. The minimum absolute atomic E-state index is 0.231. The van der Waals surface area contributed by atoms with E-state index in [-0.39, 0.29) is 5.69 Å². The molecule has 0 saturated carbocycles. The van der Waals surface area contributed by atoms with Crippen molar-refractivity contribution in [3.8, 4) is 0 Å². The first-order valence-electron chi connectivity index (χ1n) is 4.48. The molecule has 0 aliphatic rings. The van der Waals surface area contributed by atoms with Crippen LogP contribution in [0.4, 0.5) is 5.69 Å². The van der Waals surface area contributed by atoms with E-state index in [1.165, 1.54) is 12.4 Å². The van der Waals surface area contributed by atoms with Gasteiger partial charge in [0, 0.05) is 12.4 Å². The molecule has 0 aliphatic heterocycles. The number of hydrogen-bond donors (Lipinski definition) is 1. The average Bonchev–Trinajstić information content (AvgIpc) is 2.60. The smallest absolute Gasteiger partial charge is 0.358 e. The van der Waals surface area contributed by atoms with Crippen molar-refractivity contribution in [2.75, 3.05) is 12.3 Å². The number of esters is 1. The molecule has 0 spiro atoms. The van der Waals surface area contributed by atoms with Gasteiger partial charge in [-0.15, -0.1) is 0 Å². The molecule has 0 aromatic carbocycles. The number of nitrogen functional groups attached to an aromatic ring is 1. The van der Waals surface area contributed by atoms with Crippen LogP contribution < -0.4 is 5.73 Å². The highest BCUT2D eigenvalue weighted by molar-refractivity contribution is 5.87. The summed E-state index contributed by atoms with van der Waals surface area (Å²) >= 11 is 0. The second kappa shape index (κ2) is 3.56. The first kappa shape index (κ1) is 9.45. The van der Waals surface area contributed by atoms with Crippen molar-refractivity contribution >= 4 is 17.4 Å². The minimum Gasteiger partial charge on any atom is -0.461 e. The molecule has 0 bridgehead atoms. The van der Waals surface area contributed by atoms with Gasteiger partial charge in [0.25, 0.3) is 0 Å². The largest absolute Gasteiger partial charge is 0.461 e. The van der Waals surface area contributed by atoms with E-state index in [1.807, 2.05) is 0 Å². The van der Waals surface area contributed by atoms with Gasteiger partial charge in [0.15, 0.2) is 5.69 Å². The molecule has 2 heterocycles. The van der Waals surface area contributed by atoms with Crippen molar-refractivity contribution in [1.82, 2.24) is 14.4 Å². The van der Waals surface area contributed by atoms with Crippen LogP contribution in [0.3, 0.4) is 0 Å². The molecular formula is C9H10N4O2. The van der Waals surface area contributed by atoms with Crippen LogP contribution in [0.2, 0.25) is 0 Å². The van der Waals surface area contributed by atoms with E-state index in [9.17, 15) is 4.79 Å². The van der Waals surface area contributed by atoms with Crippen LogP contribution >= 0.6 is 0 Å². The van der Waals surface area contributed by atoms with Gasteiger partial charge in [-0.1, -0.05) is 0 Å². The maximum atomic E-state index is 11.3. The number of anilines is 1. The molecule has 0 fully saturated rings. The second-order valence-electron chi connectivity index (χ2n) is 2.94. The number of carbonyl (C=O) groups is 1. The maximum absolute atomic E-state index is 11.3. The molecule has 2 aromatic heterocycles. The van der Waals surface area contributed by atoms with Gasteiger partial charge in [0.1, 0.15) is 0 Å². The lowest BCUT2D eigenvalue weighted by Gasteiger charge is -1.94. The lowest BCUT2D eigenvalue weighted by molar-refractivity contribution is 0.0520. The van der Waals surface area contributed by atoms with Gasteiger partial charge < -0.3 is 10.5 Å². The predicted octanol–water partition coefficient (Wildman–Crippen LogP) is 0.488. The Kier molecular flexibility index (Phi) is 2.24. The van der Waals surface area contributed by atoms with Crippen LogP contribution in [0.25, 0.3) is 5.78 Å². The maximum Gasteiger partial charge on any atom is 0.358 e. The molecule has 0 radical (unpaired) electrons. The number of ether oxygens (including phenoxy) is 1. The van der Waals surface area contributed by atoms with E-state index in [4.69, 9.17) is 10.5 Å². The number of nitrogens with zero attached hydrogens (tertiary/aromatic N) is 3. The molecule has 78 valence electrons. The Bertz CT molecular complexity index is 506. The van der Waals surface area contributed by atoms with Crippen molar-refractivity contribution in [3.63, 3.8) is 0 Å². The highest BCUT2D eigenvalue weighted by atomic mass is 16.5. The Hall–Kier alpha value is -2.11. The Morgan fingerprint density at radius 2 is 2.40 bits per heavy atom. The Labute approximate surface area is 85.7 Å². The predicted molar refractivity (Wildman–Crippen MR) is 53.4 cm³/mol. The molecule has 2 rings (SSSR count). The van der Waals surface area contributed by atoms with E-state index in [0.29, 0.717) is 18.1 Å². The fourth-order valence-corrected chi connectivity index (χ4v) is 1.20. The third-order valence-corrected chi connectivity index (χ3v) is 1.81. The number of nitrogens with two attached hydrogens (primary N) is 1. The monoisotopic (exact) mass is 206 g/mol. The third kappa shape index (κ3) is 1.74. The van der Waals surface area contributed by atoms with E-state index >= 15 is 0 Å². The molecule has 6 heteroatoms. The van der Waals surface area contributed by atoms with E-state index in [1.54, 1.807) is 17.5 Å². The SMILES string of the molecule is CCOC(=O)c1cn2cc(N)cnc2n1. The van der Waals surface area contributed by atoms with Crippen molar-refractivity contribution in [2.45, 2.75) is 6.92 Å². The number of imidazole rings is 1. The molecule has 0 aliphatic carbocycles. The first-order valence-corrected chi connectivity index (χ1v) is 4.48. The first-order chi connectivity index (χ1) is 7.20. The summed E-state index contributed by atoms with van der Waals surface area (Å²) in [5, 5.41) is 0. The molecule has 0 unspecified atom stereocenters. The summed E-state index contributed by atoms with van der Waals surface area (Å²) in [6, 6.07) is 0. The second-order valence-corrected chi connectivity index (χ2v) is 2.94. The zero-order valence-corrected chi connectivity index (χ0v) is 8.17. The van der Waals surface area contributed by atoms with Crippen LogP contribution in [0.5, 0.6) is 0 Å². The van der Waals surface area contributed by atoms with Gasteiger partial charge in [-0.3, -0.25) is 4.40 Å². The molecule has 2 N–H and O–H groups in total. The summed E-state index contributed by atoms with van der Waals surface area (Å²) in [5.74, 6) is -0.0335. The van der Waals surface area contributed by atoms with Crippen molar-refractivity contribution in [1.29, 1.82) is 0 Å². The van der Waals surface area contributed by atoms with Crippen LogP contribution in [0, 0.1) is 0 Å². The van der Waals surface area contributed by atoms with Gasteiger partial charge in [-0.2, -0.15) is 0 Å². The van der Waals surface area contributed by atoms with Crippen molar-refractivity contribution < 1.29 is 9.53 Å². The van der Waals surface area contributed by atoms with Gasteiger partial charge in [-0.25, -0.2) is 14.8 Å². The number of carbonyl (C=O) groups excluding carboxylic acids is 1. The summed E-state index contributed by atoms with van der Waals surface area (Å²) in [6.07, 6.45) is 4.66. The Morgan fingerprint density at radius 1 is 1.60 bits per heavy atom. The molecule has 2 aromatic rings. The number of hydrogen-bond acceptors (Lipinski definition) is 5. The van der Waals surface area contributed by atoms with Crippen LogP contribution in [0.1, 0.15) is 17.4 Å². The molecule has 0 atom stereocenters. The highest BCUT2D eigenvalue weighted by Crippen LogP contribution is 2.06. The summed E-state index contributed by atoms with van der Waals surface area (Å²) in [4.78, 5) is 19.3. The van der Waals surface area contributed by atoms with E-state index < -0.39 is 5.97 Å². The van der Waals surface area contributed by atoms with Gasteiger partial charge >= 0.3 is 5.97 Å². The number of rotatable bonds is 2. The molecule has 0 amide bonds. The summed E-state index contributed by atoms with van der Waals surface area (Å²) in [5.41, 5.74) is 6.28. The Morgan fingerprint density at radius 3 is 3.13 bits per heavy atom. The van der Waals surface area contributed by atoms with Crippen LogP contribution in [0.15, 0.2) is 18.6 Å². The van der Waals surface area contributed by atoms with Crippen molar-refractivity contribution in [3.05, 3.63) is 24.3 Å². The summed E-state index contributed by atoms with van der Waals surface area (Å²) in [7, 11) is 0. The number of aromatic nitrogens is 3.